The number of fused-ring (bicyclic) bond motifs is 1. The maximum atomic E-state index is 12.1. The monoisotopic (exact) mass is 371 g/mol. The molecule has 28 heavy (non-hydrogen) atoms. The molecule has 2 amide bonds. The van der Waals surface area contributed by atoms with Crippen molar-refractivity contribution in [1.82, 2.24) is 25.1 Å². The number of carbonyl (C=O) groups excluding carboxylic acids is 2. The molecule has 0 saturated heterocycles. The zero-order valence-electron chi connectivity index (χ0n) is 15.4. The fraction of sp³-hybridized carbons (Fsp3) is 0.0952. The Morgan fingerprint density at radius 3 is 2.36 bits per heavy atom. The minimum atomic E-state index is -0.524. The van der Waals surface area contributed by atoms with Crippen molar-refractivity contribution in [2.45, 2.75) is 6.92 Å². The lowest BCUT2D eigenvalue weighted by Crippen LogP contribution is -2.28. The number of aryl methyl sites for hydroxylation is 1. The summed E-state index contributed by atoms with van der Waals surface area (Å²) in [6, 6.07) is 11.4. The number of imide groups is 1. The number of nitrogens with one attached hydrogen (secondary N) is 1. The van der Waals surface area contributed by atoms with Crippen LogP contribution in [0.2, 0.25) is 0 Å². The first-order valence-electron chi connectivity index (χ1n) is 8.67. The normalized spacial score (nSPS) is 10.8. The van der Waals surface area contributed by atoms with Crippen LogP contribution in [0.25, 0.3) is 33.2 Å². The van der Waals surface area contributed by atoms with Gasteiger partial charge in [0.25, 0.3) is 5.91 Å². The van der Waals surface area contributed by atoms with E-state index in [1.54, 1.807) is 29.2 Å². The van der Waals surface area contributed by atoms with E-state index < -0.39 is 11.8 Å². The summed E-state index contributed by atoms with van der Waals surface area (Å²) in [7, 11) is 1.88. The number of aromatic nitrogens is 4. The standard InChI is InChI=1S/C21H17N5O2/c1-13(27)24-21(28)19-8-7-16-9-22-11-18(20(16)25-19)15-5-3-14(4-6-15)17-10-23-26(2)12-17/h3-12H,1-2H3,(H,24,27,28). The molecular formula is C21H17N5O2. The fourth-order valence-electron chi connectivity index (χ4n) is 3.02. The highest BCUT2D eigenvalue weighted by molar-refractivity contribution is 6.04. The third-order valence-corrected chi connectivity index (χ3v) is 4.36. The second-order valence-electron chi connectivity index (χ2n) is 6.45. The van der Waals surface area contributed by atoms with Crippen molar-refractivity contribution in [3.63, 3.8) is 0 Å². The number of carbonyl (C=O) groups is 2. The molecule has 4 aromatic rings. The number of rotatable bonds is 3. The van der Waals surface area contributed by atoms with Gasteiger partial charge in [0.15, 0.2) is 0 Å². The second kappa shape index (κ2) is 7.03. The molecule has 7 nitrogen and oxygen atoms in total. The molecule has 0 spiro atoms. The number of benzene rings is 1. The van der Waals surface area contributed by atoms with Gasteiger partial charge in [0.05, 0.1) is 11.7 Å². The number of pyridine rings is 2. The minimum Gasteiger partial charge on any atom is -0.291 e. The Morgan fingerprint density at radius 2 is 1.68 bits per heavy atom. The predicted molar refractivity (Wildman–Crippen MR) is 105 cm³/mol. The lowest BCUT2D eigenvalue weighted by molar-refractivity contribution is -0.118. The van der Waals surface area contributed by atoms with Crippen LogP contribution < -0.4 is 5.32 Å². The van der Waals surface area contributed by atoms with Crippen LogP contribution >= 0.6 is 0 Å². The Hall–Kier alpha value is -3.87. The van der Waals surface area contributed by atoms with E-state index in [1.165, 1.54) is 6.92 Å². The zero-order chi connectivity index (χ0) is 19.7. The molecule has 0 fully saturated rings. The molecule has 0 unspecified atom stereocenters. The first-order valence-corrected chi connectivity index (χ1v) is 8.67. The summed E-state index contributed by atoms with van der Waals surface area (Å²) in [4.78, 5) is 32.0. The molecule has 1 N–H and O–H groups in total. The summed E-state index contributed by atoms with van der Waals surface area (Å²) in [5.74, 6) is -0.947. The molecule has 138 valence electrons. The van der Waals surface area contributed by atoms with Crippen LogP contribution in [0, 0.1) is 0 Å². The lowest BCUT2D eigenvalue weighted by atomic mass is 10.0. The third-order valence-electron chi connectivity index (χ3n) is 4.36. The van der Waals surface area contributed by atoms with Gasteiger partial charge in [0, 0.05) is 49.1 Å². The highest BCUT2D eigenvalue weighted by Gasteiger charge is 2.13. The van der Waals surface area contributed by atoms with Gasteiger partial charge in [-0.2, -0.15) is 5.10 Å². The molecule has 0 aliphatic rings. The van der Waals surface area contributed by atoms with Crippen molar-refractivity contribution >= 4 is 22.7 Å². The largest absolute Gasteiger partial charge is 0.291 e. The van der Waals surface area contributed by atoms with Gasteiger partial charge < -0.3 is 0 Å². The minimum absolute atomic E-state index is 0.183. The topological polar surface area (TPSA) is 89.8 Å². The van der Waals surface area contributed by atoms with E-state index in [9.17, 15) is 9.59 Å². The van der Waals surface area contributed by atoms with Crippen LogP contribution in [0.4, 0.5) is 0 Å². The maximum absolute atomic E-state index is 12.1. The number of nitrogens with zero attached hydrogens (tertiary/aromatic N) is 4. The molecule has 0 radical (unpaired) electrons. The van der Waals surface area contributed by atoms with E-state index in [4.69, 9.17) is 0 Å². The smallest absolute Gasteiger partial charge is 0.276 e. The van der Waals surface area contributed by atoms with Gasteiger partial charge in [0.2, 0.25) is 5.91 Å². The van der Waals surface area contributed by atoms with Crippen molar-refractivity contribution in [3.05, 3.63) is 66.9 Å². The first-order chi connectivity index (χ1) is 13.5. The first kappa shape index (κ1) is 17.5. The summed E-state index contributed by atoms with van der Waals surface area (Å²) in [5, 5.41) is 7.26. The van der Waals surface area contributed by atoms with Gasteiger partial charge in [-0.15, -0.1) is 0 Å². The van der Waals surface area contributed by atoms with Gasteiger partial charge in [-0.25, -0.2) is 4.98 Å². The average molecular weight is 371 g/mol. The van der Waals surface area contributed by atoms with Crippen LogP contribution in [-0.4, -0.2) is 31.6 Å². The van der Waals surface area contributed by atoms with Gasteiger partial charge in [-0.3, -0.25) is 24.6 Å². The molecule has 1 aromatic carbocycles. The van der Waals surface area contributed by atoms with E-state index in [0.717, 1.165) is 27.6 Å². The molecule has 0 aliphatic heterocycles. The van der Waals surface area contributed by atoms with Gasteiger partial charge in [-0.05, 0) is 23.3 Å². The van der Waals surface area contributed by atoms with Crippen LogP contribution in [0.3, 0.4) is 0 Å². The molecule has 0 saturated carbocycles. The Labute approximate surface area is 161 Å². The van der Waals surface area contributed by atoms with Crippen molar-refractivity contribution in [2.24, 2.45) is 7.05 Å². The van der Waals surface area contributed by atoms with Crippen molar-refractivity contribution in [2.75, 3.05) is 0 Å². The van der Waals surface area contributed by atoms with E-state index in [-0.39, 0.29) is 5.69 Å². The summed E-state index contributed by atoms with van der Waals surface area (Å²) in [5.41, 5.74) is 4.67. The lowest BCUT2D eigenvalue weighted by Gasteiger charge is -2.08. The molecule has 4 rings (SSSR count). The Morgan fingerprint density at radius 1 is 0.929 bits per heavy atom. The molecule has 3 aromatic heterocycles. The molecule has 0 aliphatic carbocycles. The van der Waals surface area contributed by atoms with E-state index in [0.29, 0.717) is 5.52 Å². The van der Waals surface area contributed by atoms with Crippen molar-refractivity contribution < 1.29 is 9.59 Å². The third kappa shape index (κ3) is 3.37. The van der Waals surface area contributed by atoms with E-state index in [2.05, 4.69) is 20.4 Å². The highest BCUT2D eigenvalue weighted by atomic mass is 16.2. The summed E-state index contributed by atoms with van der Waals surface area (Å²) in [6.45, 7) is 1.29. The van der Waals surface area contributed by atoms with Gasteiger partial charge in [0.1, 0.15) is 5.69 Å². The highest BCUT2D eigenvalue weighted by Crippen LogP contribution is 2.28. The molecule has 0 bridgehead atoms. The number of hydrogen-bond acceptors (Lipinski definition) is 5. The molecule has 7 heteroatoms. The van der Waals surface area contributed by atoms with Crippen LogP contribution in [0.5, 0.6) is 0 Å². The second-order valence-corrected chi connectivity index (χ2v) is 6.45. The number of hydrogen-bond donors (Lipinski definition) is 1. The molecular weight excluding hydrogens is 354 g/mol. The average Bonchev–Trinajstić information content (AvgIpc) is 3.13. The van der Waals surface area contributed by atoms with Crippen molar-refractivity contribution in [1.29, 1.82) is 0 Å². The summed E-state index contributed by atoms with van der Waals surface area (Å²) < 4.78 is 1.76. The quantitative estimate of drug-likeness (QED) is 0.598. The van der Waals surface area contributed by atoms with E-state index >= 15 is 0 Å². The SMILES string of the molecule is CC(=O)NC(=O)c1ccc2cncc(-c3ccc(-c4cnn(C)c4)cc3)c2n1. The molecule has 0 atom stereocenters. The zero-order valence-corrected chi connectivity index (χ0v) is 15.4. The van der Waals surface area contributed by atoms with Crippen LogP contribution in [-0.2, 0) is 11.8 Å². The van der Waals surface area contributed by atoms with Gasteiger partial charge in [-0.1, -0.05) is 24.3 Å². The Kier molecular flexibility index (Phi) is 4.41. The van der Waals surface area contributed by atoms with Crippen molar-refractivity contribution in [3.8, 4) is 22.3 Å². The maximum Gasteiger partial charge on any atom is 0.276 e. The predicted octanol–water partition coefficient (Wildman–Crippen LogP) is 2.97. The summed E-state index contributed by atoms with van der Waals surface area (Å²) in [6.07, 6.45) is 7.19. The fourth-order valence-corrected chi connectivity index (χ4v) is 3.02. The Balaban J connectivity index is 1.75. The Bertz CT molecular complexity index is 1200. The number of amides is 2. The van der Waals surface area contributed by atoms with Gasteiger partial charge >= 0.3 is 0 Å². The van der Waals surface area contributed by atoms with Crippen LogP contribution in [0.15, 0.2) is 61.2 Å². The van der Waals surface area contributed by atoms with E-state index in [1.807, 2.05) is 43.7 Å². The van der Waals surface area contributed by atoms with Crippen LogP contribution in [0.1, 0.15) is 17.4 Å². The summed E-state index contributed by atoms with van der Waals surface area (Å²) >= 11 is 0. The molecule has 3 heterocycles.